The number of phenols is 1. The molecule has 4 nitrogen and oxygen atoms in total. The topological polar surface area (TPSA) is 76.5 Å². The minimum absolute atomic E-state index is 0.0649. The molecule has 1 aromatic heterocycles. The van der Waals surface area contributed by atoms with Gasteiger partial charge in [0.1, 0.15) is 17.1 Å². The van der Waals surface area contributed by atoms with E-state index in [-0.39, 0.29) is 11.2 Å². The normalized spacial score (nSPS) is 11.8. The summed E-state index contributed by atoms with van der Waals surface area (Å²) < 4.78 is 6.27. The van der Waals surface area contributed by atoms with Gasteiger partial charge in [-0.3, -0.25) is 4.79 Å². The van der Waals surface area contributed by atoms with Crippen LogP contribution < -0.4 is 11.2 Å². The van der Waals surface area contributed by atoms with Crippen molar-refractivity contribution in [2.24, 2.45) is 5.73 Å². The van der Waals surface area contributed by atoms with Gasteiger partial charge in [-0.2, -0.15) is 0 Å². The van der Waals surface area contributed by atoms with Gasteiger partial charge in [-0.1, -0.05) is 51.1 Å². The molecular weight excluding hydrogens is 326 g/mol. The second kappa shape index (κ2) is 6.96. The van der Waals surface area contributed by atoms with Crippen molar-refractivity contribution in [1.82, 2.24) is 0 Å². The van der Waals surface area contributed by atoms with Gasteiger partial charge in [-0.15, -0.1) is 0 Å². The summed E-state index contributed by atoms with van der Waals surface area (Å²) in [7, 11) is 0. The lowest BCUT2D eigenvalue weighted by Crippen LogP contribution is -2.35. The number of aromatic hydroxyl groups is 1. The highest BCUT2D eigenvalue weighted by Gasteiger charge is 2.31. The summed E-state index contributed by atoms with van der Waals surface area (Å²) in [6, 6.07) is 12.7. The number of rotatable bonds is 5. The van der Waals surface area contributed by atoms with Crippen molar-refractivity contribution >= 4 is 11.0 Å². The second-order valence-corrected chi connectivity index (χ2v) is 6.66. The summed E-state index contributed by atoms with van der Waals surface area (Å²) in [6.45, 7) is 5.88. The summed E-state index contributed by atoms with van der Waals surface area (Å²) in [4.78, 5) is 13.1. The largest absolute Gasteiger partial charge is 0.507 e. The van der Waals surface area contributed by atoms with Crippen molar-refractivity contribution < 1.29 is 9.52 Å². The molecule has 0 saturated heterocycles. The van der Waals surface area contributed by atoms with Crippen molar-refractivity contribution in [3.8, 4) is 17.1 Å². The number of phenolic OH excluding ortho intramolecular Hbond substituents is 1. The maximum absolute atomic E-state index is 13.1. The quantitative estimate of drug-likeness (QED) is 0.698. The van der Waals surface area contributed by atoms with Crippen molar-refractivity contribution in [2.75, 3.05) is 0 Å². The van der Waals surface area contributed by atoms with Gasteiger partial charge in [0.25, 0.3) is 0 Å². The Morgan fingerprint density at radius 3 is 2.27 bits per heavy atom. The van der Waals surface area contributed by atoms with E-state index in [4.69, 9.17) is 10.2 Å². The van der Waals surface area contributed by atoms with Crippen molar-refractivity contribution in [1.29, 1.82) is 0 Å². The van der Waals surface area contributed by atoms with Gasteiger partial charge in [0, 0.05) is 16.7 Å². The molecule has 3 aromatic rings. The van der Waals surface area contributed by atoms with Crippen LogP contribution in [0.5, 0.6) is 5.75 Å². The fourth-order valence-corrected chi connectivity index (χ4v) is 3.51. The average Bonchev–Trinajstić information content (AvgIpc) is 2.67. The molecule has 2 aromatic carbocycles. The van der Waals surface area contributed by atoms with Crippen LogP contribution in [0, 0.1) is 0 Å². The predicted molar refractivity (Wildman–Crippen MR) is 105 cm³/mol. The summed E-state index contributed by atoms with van der Waals surface area (Å²) in [5, 5.41) is 11.0. The molecule has 0 atom stereocenters. The van der Waals surface area contributed by atoms with Crippen LogP contribution in [-0.2, 0) is 12.0 Å². The summed E-state index contributed by atoms with van der Waals surface area (Å²) in [5.74, 6) is 0.613. The highest BCUT2D eigenvalue weighted by atomic mass is 16.3. The van der Waals surface area contributed by atoms with E-state index >= 15 is 0 Å². The lowest BCUT2D eigenvalue weighted by Gasteiger charge is -2.28. The zero-order valence-corrected chi connectivity index (χ0v) is 15.5. The summed E-state index contributed by atoms with van der Waals surface area (Å²) in [6.07, 6.45) is 1.81. The molecule has 0 aliphatic rings. The van der Waals surface area contributed by atoms with Gasteiger partial charge in [0.2, 0.25) is 0 Å². The van der Waals surface area contributed by atoms with Crippen LogP contribution in [0.1, 0.15) is 44.7 Å². The average molecular weight is 351 g/mol. The maximum atomic E-state index is 13.1. The molecule has 3 N–H and O–H groups in total. The van der Waals surface area contributed by atoms with Gasteiger partial charge >= 0.3 is 0 Å². The molecule has 0 amide bonds. The predicted octanol–water partition coefficient (Wildman–Crippen LogP) is 4.70. The monoisotopic (exact) mass is 351 g/mol. The lowest BCUT2D eigenvalue weighted by atomic mass is 9.84. The number of nitrogens with two attached hydrogens (primary N) is 1. The van der Waals surface area contributed by atoms with Crippen LogP contribution in [0.3, 0.4) is 0 Å². The number of benzene rings is 2. The Kier molecular flexibility index (Phi) is 4.88. The standard InChI is InChI=1S/C22H25NO3/c1-4-15-19(25)16-12-13-17(24)18(22(23,5-2)6-3)21(16)26-20(15)14-10-8-7-9-11-14/h7-13,24H,4-6,23H2,1-3H3. The molecule has 1 heterocycles. The van der Waals surface area contributed by atoms with Crippen molar-refractivity contribution in [2.45, 2.75) is 45.6 Å². The van der Waals surface area contributed by atoms with Gasteiger partial charge in [-0.05, 0) is 31.4 Å². The fourth-order valence-electron chi connectivity index (χ4n) is 3.51. The molecule has 0 spiro atoms. The molecule has 0 bridgehead atoms. The zero-order valence-electron chi connectivity index (χ0n) is 15.5. The third kappa shape index (κ3) is 2.80. The van der Waals surface area contributed by atoms with Gasteiger partial charge in [0.15, 0.2) is 5.43 Å². The molecule has 0 radical (unpaired) electrons. The molecule has 0 unspecified atom stereocenters. The SMILES string of the molecule is CCc1c(-c2ccccc2)oc2c(C(N)(CC)CC)c(O)ccc2c1=O. The summed E-state index contributed by atoms with van der Waals surface area (Å²) >= 11 is 0. The Bertz CT molecular complexity index is 986. The highest BCUT2D eigenvalue weighted by Crippen LogP contribution is 2.39. The van der Waals surface area contributed by atoms with Crippen molar-refractivity contribution in [3.05, 3.63) is 63.8 Å². The number of fused-ring (bicyclic) bond motifs is 1. The van der Waals surface area contributed by atoms with E-state index in [0.717, 1.165) is 5.56 Å². The first-order valence-corrected chi connectivity index (χ1v) is 9.13. The maximum Gasteiger partial charge on any atom is 0.196 e. The first-order valence-electron chi connectivity index (χ1n) is 9.13. The van der Waals surface area contributed by atoms with Crippen LogP contribution in [-0.4, -0.2) is 5.11 Å². The van der Waals surface area contributed by atoms with Crippen LogP contribution in [0.25, 0.3) is 22.3 Å². The van der Waals surface area contributed by atoms with E-state index in [1.807, 2.05) is 51.1 Å². The van der Waals surface area contributed by atoms with E-state index in [1.165, 1.54) is 0 Å². The first kappa shape index (κ1) is 18.2. The molecule has 3 rings (SSSR count). The van der Waals surface area contributed by atoms with E-state index in [9.17, 15) is 9.90 Å². The molecule has 0 aliphatic heterocycles. The molecule has 0 fully saturated rings. The van der Waals surface area contributed by atoms with Gasteiger partial charge in [0.05, 0.1) is 10.9 Å². The second-order valence-electron chi connectivity index (χ2n) is 6.66. The Morgan fingerprint density at radius 2 is 1.69 bits per heavy atom. The zero-order chi connectivity index (χ0) is 18.9. The van der Waals surface area contributed by atoms with Crippen LogP contribution in [0.15, 0.2) is 51.7 Å². The Hall–Kier alpha value is -2.59. The van der Waals surface area contributed by atoms with E-state index in [2.05, 4.69) is 0 Å². The van der Waals surface area contributed by atoms with Crippen LogP contribution in [0.2, 0.25) is 0 Å². The van der Waals surface area contributed by atoms with Crippen LogP contribution >= 0.6 is 0 Å². The molecule has 136 valence electrons. The van der Waals surface area contributed by atoms with Gasteiger partial charge in [-0.25, -0.2) is 0 Å². The van der Waals surface area contributed by atoms with Crippen molar-refractivity contribution in [3.63, 3.8) is 0 Å². The molecule has 0 saturated carbocycles. The van der Waals surface area contributed by atoms with Crippen LogP contribution in [0.4, 0.5) is 0 Å². The minimum Gasteiger partial charge on any atom is -0.507 e. The molecule has 0 aliphatic carbocycles. The molecular formula is C22H25NO3. The fraction of sp³-hybridized carbons (Fsp3) is 0.318. The van der Waals surface area contributed by atoms with E-state index in [0.29, 0.717) is 47.1 Å². The first-order chi connectivity index (χ1) is 12.5. The lowest BCUT2D eigenvalue weighted by molar-refractivity contribution is 0.378. The molecule has 4 heteroatoms. The van der Waals surface area contributed by atoms with Gasteiger partial charge < -0.3 is 15.3 Å². The smallest absolute Gasteiger partial charge is 0.196 e. The van der Waals surface area contributed by atoms with E-state index in [1.54, 1.807) is 12.1 Å². The number of hydrogen-bond donors (Lipinski definition) is 2. The summed E-state index contributed by atoms with van der Waals surface area (Å²) in [5.41, 5.74) is 8.12. The molecule has 26 heavy (non-hydrogen) atoms. The third-order valence-corrected chi connectivity index (χ3v) is 5.28. The Morgan fingerprint density at radius 1 is 1.04 bits per heavy atom. The number of hydrogen-bond acceptors (Lipinski definition) is 4. The van der Waals surface area contributed by atoms with E-state index < -0.39 is 5.54 Å². The minimum atomic E-state index is -0.763. The highest BCUT2D eigenvalue weighted by molar-refractivity contribution is 5.86. The Labute approximate surface area is 153 Å². The third-order valence-electron chi connectivity index (χ3n) is 5.28. The Balaban J connectivity index is 2.47.